The van der Waals surface area contributed by atoms with Gasteiger partial charge >= 0.3 is 11.3 Å². The van der Waals surface area contributed by atoms with Crippen molar-refractivity contribution in [3.05, 3.63) is 65.6 Å². The lowest BCUT2D eigenvalue weighted by Crippen LogP contribution is -2.07. The van der Waals surface area contributed by atoms with Crippen LogP contribution in [0.15, 0.2) is 35.7 Å². The van der Waals surface area contributed by atoms with Crippen LogP contribution in [0.5, 0.6) is 0 Å². The molecule has 3 rings (SSSR count). The van der Waals surface area contributed by atoms with E-state index in [0.29, 0.717) is 0 Å². The fraction of sp³-hybridized carbons (Fsp3) is 0. The van der Waals surface area contributed by atoms with Crippen molar-refractivity contribution in [3.8, 4) is 0 Å². The van der Waals surface area contributed by atoms with Gasteiger partial charge in [0.1, 0.15) is 0 Å². The van der Waals surface area contributed by atoms with Crippen molar-refractivity contribution in [2.45, 2.75) is 0 Å². The summed E-state index contributed by atoms with van der Waals surface area (Å²) in [4.78, 5) is 45.5. The molecule has 1 heterocycles. The van der Waals surface area contributed by atoms with Gasteiger partial charge in [-0.3, -0.25) is 9.59 Å². The Hall–Kier alpha value is -2.74. The lowest BCUT2D eigenvalue weighted by atomic mass is 10.1. The van der Waals surface area contributed by atoms with Crippen LogP contribution in [0.25, 0.3) is 21.5 Å². The van der Waals surface area contributed by atoms with Gasteiger partial charge in [0.25, 0.3) is 0 Å². The SMILES string of the molecule is O=c1c#cc(=O)c2cc3c(=O)oc(=O)c3cc12. The Morgan fingerprint density at radius 1 is 0.706 bits per heavy atom. The van der Waals surface area contributed by atoms with E-state index < -0.39 is 22.1 Å². The molecule has 0 N–H and O–H groups in total. The molecular weight excluding hydrogens is 224 g/mol. The van der Waals surface area contributed by atoms with Gasteiger partial charge in [-0.05, 0) is 24.3 Å². The average molecular weight is 226 g/mol. The maximum absolute atomic E-state index is 11.5. The topological polar surface area (TPSA) is 81.4 Å². The highest BCUT2D eigenvalue weighted by Crippen LogP contribution is 2.12. The highest BCUT2D eigenvalue weighted by molar-refractivity contribution is 5.96. The molecule has 0 unspecified atom stereocenters. The maximum Gasteiger partial charge on any atom is 0.346 e. The number of rotatable bonds is 0. The van der Waals surface area contributed by atoms with Crippen molar-refractivity contribution in [1.29, 1.82) is 0 Å². The zero-order chi connectivity index (χ0) is 12.2. The molecule has 0 aliphatic carbocycles. The van der Waals surface area contributed by atoms with Gasteiger partial charge < -0.3 is 4.42 Å². The van der Waals surface area contributed by atoms with Crippen LogP contribution in [0, 0.1) is 12.1 Å². The molecule has 0 fully saturated rings. The minimum atomic E-state index is -0.813. The second-order valence-corrected chi connectivity index (χ2v) is 3.53. The van der Waals surface area contributed by atoms with Crippen molar-refractivity contribution in [3.63, 3.8) is 0 Å². The molecule has 80 valence electrons. The smallest absolute Gasteiger partial charge is 0.346 e. The zero-order valence-electron chi connectivity index (χ0n) is 8.20. The standard InChI is InChI=1S/C12H2O5/c13-9-1-2-10(14)6-4-8-7(3-5(6)9)11(15)17-12(8)16/h3-4H. The molecule has 1 aromatic heterocycles. The fourth-order valence-electron chi connectivity index (χ4n) is 1.76. The van der Waals surface area contributed by atoms with E-state index in [1.807, 2.05) is 0 Å². The van der Waals surface area contributed by atoms with Crippen molar-refractivity contribution in [2.24, 2.45) is 0 Å². The summed E-state index contributed by atoms with van der Waals surface area (Å²) in [7, 11) is 0. The molecule has 0 amide bonds. The fourth-order valence-corrected chi connectivity index (χ4v) is 1.76. The zero-order valence-corrected chi connectivity index (χ0v) is 8.20. The summed E-state index contributed by atoms with van der Waals surface area (Å²) in [5.41, 5.74) is -2.72. The largest absolute Gasteiger partial charge is 0.386 e. The summed E-state index contributed by atoms with van der Waals surface area (Å²) in [5.74, 6) is 0. The Kier molecular flexibility index (Phi) is 1.61. The van der Waals surface area contributed by atoms with Crippen molar-refractivity contribution in [1.82, 2.24) is 0 Å². The van der Waals surface area contributed by atoms with E-state index in [4.69, 9.17) is 0 Å². The van der Waals surface area contributed by atoms with Gasteiger partial charge in [0.05, 0.1) is 10.8 Å². The summed E-state index contributed by atoms with van der Waals surface area (Å²) in [6.45, 7) is 0. The predicted octanol–water partition coefficient (Wildman–Crippen LogP) is -0.497. The van der Waals surface area contributed by atoms with Crippen LogP contribution >= 0.6 is 0 Å². The van der Waals surface area contributed by atoms with Crippen LogP contribution in [0.3, 0.4) is 0 Å². The van der Waals surface area contributed by atoms with Crippen LogP contribution < -0.4 is 22.1 Å². The Morgan fingerprint density at radius 3 is 1.53 bits per heavy atom. The molecule has 3 aromatic rings. The molecule has 0 radical (unpaired) electrons. The maximum atomic E-state index is 11.5. The quantitative estimate of drug-likeness (QED) is 0.516. The van der Waals surface area contributed by atoms with Crippen LogP contribution in [-0.2, 0) is 0 Å². The lowest BCUT2D eigenvalue weighted by Gasteiger charge is -1.90. The van der Waals surface area contributed by atoms with Gasteiger partial charge in [-0.15, -0.1) is 0 Å². The molecule has 17 heavy (non-hydrogen) atoms. The third-order valence-corrected chi connectivity index (χ3v) is 2.56. The van der Waals surface area contributed by atoms with Crippen LogP contribution in [0.2, 0.25) is 0 Å². The van der Waals surface area contributed by atoms with Crippen molar-refractivity contribution >= 4 is 21.5 Å². The molecule has 0 saturated carbocycles. The van der Waals surface area contributed by atoms with Gasteiger partial charge in [-0.2, -0.15) is 0 Å². The molecule has 0 saturated heterocycles. The van der Waals surface area contributed by atoms with Crippen LogP contribution in [0.4, 0.5) is 0 Å². The number of furan rings is 1. The Labute approximate surface area is 92.2 Å². The van der Waals surface area contributed by atoms with Gasteiger partial charge in [-0.25, -0.2) is 9.59 Å². The van der Waals surface area contributed by atoms with E-state index in [0.717, 1.165) is 0 Å². The minimum Gasteiger partial charge on any atom is -0.386 e. The monoisotopic (exact) mass is 226 g/mol. The predicted molar refractivity (Wildman–Crippen MR) is 58.8 cm³/mol. The third-order valence-electron chi connectivity index (χ3n) is 2.56. The van der Waals surface area contributed by atoms with E-state index in [1.54, 1.807) is 0 Å². The van der Waals surface area contributed by atoms with E-state index in [-0.39, 0.29) is 21.5 Å². The molecule has 0 atom stereocenters. The summed E-state index contributed by atoms with van der Waals surface area (Å²) < 4.78 is 4.38. The number of hydrogen-bond acceptors (Lipinski definition) is 5. The molecule has 5 nitrogen and oxygen atoms in total. The molecule has 2 aromatic carbocycles. The average Bonchev–Trinajstić information content (AvgIpc) is 2.58. The van der Waals surface area contributed by atoms with E-state index in [2.05, 4.69) is 16.5 Å². The van der Waals surface area contributed by atoms with E-state index in [1.165, 1.54) is 12.1 Å². The Morgan fingerprint density at radius 2 is 1.12 bits per heavy atom. The highest BCUT2D eigenvalue weighted by atomic mass is 16.4. The first-order valence-corrected chi connectivity index (χ1v) is 4.63. The lowest BCUT2D eigenvalue weighted by molar-refractivity contribution is 0.500. The van der Waals surface area contributed by atoms with Gasteiger partial charge in [0.15, 0.2) is 0 Å². The molecule has 0 spiro atoms. The Balaban J connectivity index is 2.79. The van der Waals surface area contributed by atoms with Crippen molar-refractivity contribution < 1.29 is 4.42 Å². The van der Waals surface area contributed by atoms with Gasteiger partial charge in [0.2, 0.25) is 10.9 Å². The number of fused-ring (bicyclic) bond motifs is 2. The Bertz CT molecular complexity index is 877. The number of hydrogen-bond donors (Lipinski definition) is 0. The second kappa shape index (κ2) is 2.89. The second-order valence-electron chi connectivity index (χ2n) is 3.53. The summed E-state index contributed by atoms with van der Waals surface area (Å²) in [5, 5.41) is 0.0792. The van der Waals surface area contributed by atoms with Gasteiger partial charge in [0, 0.05) is 10.8 Å². The molecule has 0 bridgehead atoms. The summed E-state index contributed by atoms with van der Waals surface area (Å²) in [6.07, 6.45) is 0. The summed E-state index contributed by atoms with van der Waals surface area (Å²) in [6, 6.07) is 6.63. The summed E-state index contributed by atoms with van der Waals surface area (Å²) >= 11 is 0. The van der Waals surface area contributed by atoms with Crippen LogP contribution in [0.1, 0.15) is 0 Å². The van der Waals surface area contributed by atoms with Crippen molar-refractivity contribution in [2.75, 3.05) is 0 Å². The first kappa shape index (κ1) is 9.48. The molecule has 0 aliphatic heterocycles. The molecule has 5 heteroatoms. The minimum absolute atomic E-state index is 0.00130. The first-order valence-electron chi connectivity index (χ1n) is 4.63. The molecular formula is C12H2O5. The third kappa shape index (κ3) is 1.15. The van der Waals surface area contributed by atoms with E-state index in [9.17, 15) is 19.2 Å². The number of benzene rings is 1. The van der Waals surface area contributed by atoms with E-state index >= 15 is 0 Å². The molecule has 0 aliphatic rings. The highest BCUT2D eigenvalue weighted by Gasteiger charge is 2.12. The first-order chi connectivity index (χ1) is 8.08. The normalized spacial score (nSPS) is 10.8. The van der Waals surface area contributed by atoms with Gasteiger partial charge in [-0.1, -0.05) is 0 Å². The van der Waals surface area contributed by atoms with Crippen LogP contribution in [-0.4, -0.2) is 0 Å².